The molecule has 0 bridgehead atoms. The number of nitrogens with two attached hydrogens (primary N) is 1. The van der Waals surface area contributed by atoms with Gasteiger partial charge in [-0.05, 0) is 60.6 Å². The summed E-state index contributed by atoms with van der Waals surface area (Å²) in [5.74, 6) is 0.691. The molecule has 1 heterocycles. The van der Waals surface area contributed by atoms with Crippen LogP contribution in [0.25, 0.3) is 21.3 Å². The summed E-state index contributed by atoms with van der Waals surface area (Å²) in [5.41, 5.74) is 9.76. The van der Waals surface area contributed by atoms with Gasteiger partial charge in [-0.3, -0.25) is 4.79 Å². The van der Waals surface area contributed by atoms with Crippen LogP contribution in [0.1, 0.15) is 37.7 Å². The number of carboxylic acid groups (broad SMARTS) is 1. The van der Waals surface area contributed by atoms with Crippen molar-refractivity contribution in [1.82, 2.24) is 4.98 Å². The first-order valence-corrected chi connectivity index (χ1v) is 10.5. The lowest BCUT2D eigenvalue weighted by atomic mass is 9.99. The number of ether oxygens (including phenoxy) is 1. The summed E-state index contributed by atoms with van der Waals surface area (Å²) in [4.78, 5) is 15.3. The van der Waals surface area contributed by atoms with Gasteiger partial charge in [-0.25, -0.2) is 4.98 Å². The Labute approximate surface area is 168 Å². The molecular formula is C22H24N2O3S. The molecule has 1 fully saturated rings. The van der Waals surface area contributed by atoms with Crippen molar-refractivity contribution in [3.63, 3.8) is 0 Å². The van der Waals surface area contributed by atoms with Crippen LogP contribution in [0, 0.1) is 5.92 Å². The minimum absolute atomic E-state index is 0.117. The van der Waals surface area contributed by atoms with Crippen molar-refractivity contribution in [1.29, 1.82) is 0 Å². The van der Waals surface area contributed by atoms with E-state index in [9.17, 15) is 4.79 Å². The van der Waals surface area contributed by atoms with E-state index in [2.05, 4.69) is 17.1 Å². The number of anilines is 1. The van der Waals surface area contributed by atoms with Crippen LogP contribution in [0.5, 0.6) is 5.75 Å². The van der Waals surface area contributed by atoms with E-state index in [0.29, 0.717) is 17.5 Å². The van der Waals surface area contributed by atoms with E-state index < -0.39 is 5.97 Å². The molecule has 0 aliphatic heterocycles. The first-order valence-electron chi connectivity index (χ1n) is 9.72. The van der Waals surface area contributed by atoms with Gasteiger partial charge in [-0.1, -0.05) is 36.3 Å². The molecule has 3 aromatic rings. The van der Waals surface area contributed by atoms with Gasteiger partial charge in [0.15, 0.2) is 5.13 Å². The predicted molar refractivity (Wildman–Crippen MR) is 113 cm³/mol. The van der Waals surface area contributed by atoms with Crippen LogP contribution in [0.4, 0.5) is 5.13 Å². The lowest BCUT2D eigenvalue weighted by molar-refractivity contribution is -0.136. The Morgan fingerprint density at radius 2 is 2.04 bits per heavy atom. The van der Waals surface area contributed by atoms with Gasteiger partial charge in [0.25, 0.3) is 0 Å². The van der Waals surface area contributed by atoms with Crippen LogP contribution >= 0.6 is 11.3 Å². The number of aromatic nitrogens is 1. The highest BCUT2D eigenvalue weighted by Gasteiger charge is 2.17. The Bertz CT molecular complexity index is 993. The Morgan fingerprint density at radius 1 is 1.21 bits per heavy atom. The quantitative estimate of drug-likeness (QED) is 0.578. The van der Waals surface area contributed by atoms with Gasteiger partial charge in [0.1, 0.15) is 5.75 Å². The SMILES string of the molecule is Nc1nc2ccc(-c3cc(CCC(=O)O)ccc3OCC3CCCC3)cc2s1. The molecule has 1 saturated carbocycles. The lowest BCUT2D eigenvalue weighted by Gasteiger charge is -2.16. The van der Waals surface area contributed by atoms with Gasteiger partial charge in [-0.15, -0.1) is 0 Å². The van der Waals surface area contributed by atoms with Gasteiger partial charge in [0.2, 0.25) is 0 Å². The summed E-state index contributed by atoms with van der Waals surface area (Å²) in [6, 6.07) is 12.1. The molecule has 5 nitrogen and oxygen atoms in total. The summed E-state index contributed by atoms with van der Waals surface area (Å²) in [7, 11) is 0. The van der Waals surface area contributed by atoms with Crippen LogP contribution in [-0.4, -0.2) is 22.7 Å². The molecule has 0 saturated heterocycles. The Kier molecular flexibility index (Phi) is 5.48. The average molecular weight is 397 g/mol. The fraction of sp³-hybridized carbons (Fsp3) is 0.364. The number of nitrogen functional groups attached to an aromatic ring is 1. The van der Waals surface area contributed by atoms with E-state index >= 15 is 0 Å². The zero-order valence-corrected chi connectivity index (χ0v) is 16.5. The van der Waals surface area contributed by atoms with E-state index in [1.165, 1.54) is 37.0 Å². The number of rotatable bonds is 7. The number of thiazole rings is 1. The highest BCUT2D eigenvalue weighted by molar-refractivity contribution is 7.22. The van der Waals surface area contributed by atoms with Crippen LogP contribution in [0.15, 0.2) is 36.4 Å². The zero-order valence-electron chi connectivity index (χ0n) is 15.7. The number of carbonyl (C=O) groups is 1. The summed E-state index contributed by atoms with van der Waals surface area (Å²) in [5, 5.41) is 9.56. The van der Waals surface area contributed by atoms with Crippen molar-refractivity contribution in [3.05, 3.63) is 42.0 Å². The molecule has 0 radical (unpaired) electrons. The molecule has 0 amide bonds. The average Bonchev–Trinajstić information content (AvgIpc) is 3.32. The molecule has 28 heavy (non-hydrogen) atoms. The first kappa shape index (κ1) is 18.7. The highest BCUT2D eigenvalue weighted by atomic mass is 32.1. The normalized spacial score (nSPS) is 14.6. The molecule has 6 heteroatoms. The van der Waals surface area contributed by atoms with E-state index in [-0.39, 0.29) is 6.42 Å². The Hall–Kier alpha value is -2.60. The number of aliphatic carboxylic acids is 1. The van der Waals surface area contributed by atoms with Crippen molar-refractivity contribution < 1.29 is 14.6 Å². The molecule has 0 unspecified atom stereocenters. The van der Waals surface area contributed by atoms with Crippen molar-refractivity contribution in [2.75, 3.05) is 12.3 Å². The van der Waals surface area contributed by atoms with E-state index in [1.807, 2.05) is 24.3 Å². The van der Waals surface area contributed by atoms with Gasteiger partial charge < -0.3 is 15.6 Å². The monoisotopic (exact) mass is 396 g/mol. The number of fused-ring (bicyclic) bond motifs is 1. The summed E-state index contributed by atoms with van der Waals surface area (Å²) >= 11 is 1.47. The molecule has 1 aliphatic carbocycles. The molecule has 4 rings (SSSR count). The molecule has 1 aliphatic rings. The number of aryl methyl sites for hydroxylation is 1. The minimum atomic E-state index is -0.787. The van der Waals surface area contributed by atoms with Crippen LogP contribution in [0.3, 0.4) is 0 Å². The van der Waals surface area contributed by atoms with Gasteiger partial charge in [0, 0.05) is 12.0 Å². The van der Waals surface area contributed by atoms with E-state index in [4.69, 9.17) is 15.6 Å². The number of nitrogens with zero attached hydrogens (tertiary/aromatic N) is 1. The third kappa shape index (κ3) is 4.28. The van der Waals surface area contributed by atoms with Crippen LogP contribution in [-0.2, 0) is 11.2 Å². The lowest BCUT2D eigenvalue weighted by Crippen LogP contribution is -2.09. The molecule has 2 aromatic carbocycles. The molecule has 0 atom stereocenters. The third-order valence-electron chi connectivity index (χ3n) is 5.34. The second kappa shape index (κ2) is 8.19. The highest BCUT2D eigenvalue weighted by Crippen LogP contribution is 2.36. The summed E-state index contributed by atoms with van der Waals surface area (Å²) in [6.45, 7) is 0.733. The smallest absolute Gasteiger partial charge is 0.303 e. The number of carboxylic acids is 1. The Balaban J connectivity index is 1.66. The predicted octanol–water partition coefficient (Wildman–Crippen LogP) is 5.13. The van der Waals surface area contributed by atoms with Crippen molar-refractivity contribution in [2.24, 2.45) is 5.92 Å². The van der Waals surface area contributed by atoms with Crippen molar-refractivity contribution in [3.8, 4) is 16.9 Å². The fourth-order valence-corrected chi connectivity index (χ4v) is 4.60. The number of benzene rings is 2. The van der Waals surface area contributed by atoms with E-state index in [1.54, 1.807) is 0 Å². The first-order chi connectivity index (χ1) is 13.6. The Morgan fingerprint density at radius 3 is 2.82 bits per heavy atom. The second-order valence-corrected chi connectivity index (χ2v) is 8.48. The molecule has 0 spiro atoms. The van der Waals surface area contributed by atoms with Crippen molar-refractivity contribution in [2.45, 2.75) is 38.5 Å². The maximum Gasteiger partial charge on any atom is 0.303 e. The second-order valence-electron chi connectivity index (χ2n) is 7.42. The number of hydrogen-bond acceptors (Lipinski definition) is 5. The fourth-order valence-electron chi connectivity index (χ4n) is 3.83. The van der Waals surface area contributed by atoms with Crippen LogP contribution < -0.4 is 10.5 Å². The maximum absolute atomic E-state index is 11.0. The maximum atomic E-state index is 11.0. The zero-order chi connectivity index (χ0) is 19.5. The minimum Gasteiger partial charge on any atom is -0.493 e. The van der Waals surface area contributed by atoms with Gasteiger partial charge in [-0.2, -0.15) is 0 Å². The number of hydrogen-bond donors (Lipinski definition) is 2. The van der Waals surface area contributed by atoms with Gasteiger partial charge >= 0.3 is 5.97 Å². The molecular weight excluding hydrogens is 372 g/mol. The third-order valence-corrected chi connectivity index (χ3v) is 6.18. The molecule has 1 aromatic heterocycles. The summed E-state index contributed by atoms with van der Waals surface area (Å²) < 4.78 is 7.26. The topological polar surface area (TPSA) is 85.4 Å². The van der Waals surface area contributed by atoms with E-state index in [0.717, 1.165) is 39.3 Å². The largest absolute Gasteiger partial charge is 0.493 e. The molecule has 146 valence electrons. The van der Waals surface area contributed by atoms with Crippen molar-refractivity contribution >= 4 is 32.7 Å². The van der Waals surface area contributed by atoms with Gasteiger partial charge in [0.05, 0.1) is 16.8 Å². The standard InChI is InChI=1S/C22H24N2O3S/c23-22-24-18-8-7-16(12-20(18)28-22)17-11-14(6-10-21(25)26)5-9-19(17)27-13-15-3-1-2-4-15/h5,7-9,11-12,15H,1-4,6,10,13H2,(H2,23,24)(H,25,26). The molecule has 3 N–H and O–H groups in total. The van der Waals surface area contributed by atoms with Crippen LogP contribution in [0.2, 0.25) is 0 Å². The summed E-state index contributed by atoms with van der Waals surface area (Å²) in [6.07, 6.45) is 5.67.